The molecule has 2 N–H and O–H groups in total. The van der Waals surface area contributed by atoms with Crippen LogP contribution < -0.4 is 5.32 Å². The van der Waals surface area contributed by atoms with Crippen molar-refractivity contribution in [3.63, 3.8) is 0 Å². The molecule has 17 heavy (non-hydrogen) atoms. The van der Waals surface area contributed by atoms with E-state index in [1.165, 1.54) is 11.3 Å². The van der Waals surface area contributed by atoms with Crippen LogP contribution in [0.15, 0.2) is 0 Å². The third-order valence-electron chi connectivity index (χ3n) is 2.42. The molecule has 6 heteroatoms. The number of aliphatic hydroxyl groups is 1. The van der Waals surface area contributed by atoms with E-state index in [0.29, 0.717) is 10.0 Å². The molecule has 0 amide bonds. The highest BCUT2D eigenvalue weighted by atomic mass is 35.5. The molecule has 0 unspecified atom stereocenters. The first-order valence-electron chi connectivity index (χ1n) is 5.39. The van der Waals surface area contributed by atoms with E-state index in [1.807, 2.05) is 6.07 Å². The molecular weight excluding hydrogens is 258 g/mol. The van der Waals surface area contributed by atoms with Gasteiger partial charge in [-0.2, -0.15) is 5.26 Å². The minimum absolute atomic E-state index is 0.0771. The number of thiazole rings is 1. The molecule has 1 aromatic rings. The quantitative estimate of drug-likeness (QED) is 0.836. The fraction of sp³-hybridized carbons (Fsp3) is 0.636. The molecule has 0 aliphatic rings. The largest absolute Gasteiger partial charge is 0.396 e. The summed E-state index contributed by atoms with van der Waals surface area (Å²) in [6.07, 6.45) is 1.72. The maximum absolute atomic E-state index is 8.80. The van der Waals surface area contributed by atoms with Crippen molar-refractivity contribution in [2.24, 2.45) is 5.41 Å². The molecule has 0 atom stereocenters. The minimum atomic E-state index is 0.0771. The van der Waals surface area contributed by atoms with E-state index in [1.54, 1.807) is 0 Å². The van der Waals surface area contributed by atoms with Crippen LogP contribution in [-0.2, 0) is 0 Å². The van der Waals surface area contributed by atoms with Gasteiger partial charge < -0.3 is 10.4 Å². The van der Waals surface area contributed by atoms with Gasteiger partial charge in [-0.05, 0) is 18.3 Å². The summed E-state index contributed by atoms with van der Waals surface area (Å²) in [5, 5.41) is 21.7. The molecule has 1 heterocycles. The predicted octanol–water partition coefficient (Wildman–Crippen LogP) is 2.88. The number of hydrogen-bond acceptors (Lipinski definition) is 5. The minimum Gasteiger partial charge on any atom is -0.396 e. The molecule has 0 bridgehead atoms. The number of rotatable bonds is 6. The van der Waals surface area contributed by atoms with Gasteiger partial charge in [-0.1, -0.05) is 36.8 Å². The Kier molecular flexibility index (Phi) is 5.19. The molecule has 0 spiro atoms. The number of aliphatic hydroxyl groups excluding tert-OH is 1. The second-order valence-electron chi connectivity index (χ2n) is 4.60. The third-order valence-corrected chi connectivity index (χ3v) is 3.72. The van der Waals surface area contributed by atoms with Crippen LogP contribution in [0.2, 0.25) is 5.15 Å². The number of hydrogen-bond donors (Lipinski definition) is 2. The molecule has 1 rings (SSSR count). The highest BCUT2D eigenvalue weighted by molar-refractivity contribution is 7.16. The lowest BCUT2D eigenvalue weighted by Gasteiger charge is -2.24. The van der Waals surface area contributed by atoms with Gasteiger partial charge in [0.05, 0.1) is 0 Å². The van der Waals surface area contributed by atoms with Gasteiger partial charge in [-0.15, -0.1) is 0 Å². The molecule has 4 nitrogen and oxygen atoms in total. The summed E-state index contributed by atoms with van der Waals surface area (Å²) < 4.78 is 0. The van der Waals surface area contributed by atoms with Crippen LogP contribution in [-0.4, -0.2) is 23.2 Å². The first-order chi connectivity index (χ1) is 7.98. The molecule has 0 saturated carbocycles. The molecule has 0 saturated heterocycles. The second kappa shape index (κ2) is 6.20. The summed E-state index contributed by atoms with van der Waals surface area (Å²) in [5.74, 6) is 0. The smallest absolute Gasteiger partial charge is 0.185 e. The molecule has 0 aromatic carbocycles. The van der Waals surface area contributed by atoms with E-state index in [4.69, 9.17) is 22.0 Å². The average molecular weight is 274 g/mol. The summed E-state index contributed by atoms with van der Waals surface area (Å²) in [6.45, 7) is 5.19. The lowest BCUT2D eigenvalue weighted by atomic mass is 9.88. The molecular formula is C11H16ClN3OS. The van der Waals surface area contributed by atoms with Crippen LogP contribution in [0.25, 0.3) is 0 Å². The zero-order valence-electron chi connectivity index (χ0n) is 9.96. The number of nitrogens with one attached hydrogen (secondary N) is 1. The first kappa shape index (κ1) is 14.2. The molecule has 0 aliphatic carbocycles. The number of anilines is 1. The zero-order chi connectivity index (χ0) is 12.9. The third kappa shape index (κ3) is 4.50. The first-order valence-corrected chi connectivity index (χ1v) is 6.59. The van der Waals surface area contributed by atoms with Crippen molar-refractivity contribution in [3.8, 4) is 6.07 Å². The topological polar surface area (TPSA) is 68.9 Å². The van der Waals surface area contributed by atoms with Crippen LogP contribution in [0.1, 0.15) is 31.6 Å². The van der Waals surface area contributed by atoms with Crippen molar-refractivity contribution in [2.45, 2.75) is 26.7 Å². The van der Waals surface area contributed by atoms with Crippen molar-refractivity contribution < 1.29 is 5.11 Å². The maximum Gasteiger partial charge on any atom is 0.185 e. The molecule has 1 aromatic heterocycles. The van der Waals surface area contributed by atoms with Gasteiger partial charge in [0.25, 0.3) is 0 Å². The lowest BCUT2D eigenvalue weighted by Crippen LogP contribution is -2.23. The lowest BCUT2D eigenvalue weighted by molar-refractivity contribution is 0.248. The SMILES string of the molecule is CC(C)(CCCO)CNc1nc(Cl)c(C#N)s1. The van der Waals surface area contributed by atoms with Gasteiger partial charge in [0.2, 0.25) is 0 Å². The average Bonchev–Trinajstić information content (AvgIpc) is 2.65. The fourth-order valence-electron chi connectivity index (χ4n) is 1.41. The van der Waals surface area contributed by atoms with Gasteiger partial charge in [0.1, 0.15) is 10.9 Å². The Morgan fingerprint density at radius 2 is 2.29 bits per heavy atom. The van der Waals surface area contributed by atoms with Gasteiger partial charge in [0, 0.05) is 13.2 Å². The van der Waals surface area contributed by atoms with Gasteiger partial charge in [-0.25, -0.2) is 4.98 Å². The van der Waals surface area contributed by atoms with E-state index in [0.717, 1.165) is 19.4 Å². The normalized spacial score (nSPS) is 11.2. The van der Waals surface area contributed by atoms with E-state index < -0.39 is 0 Å². The van der Waals surface area contributed by atoms with Crippen LogP contribution >= 0.6 is 22.9 Å². The standard InChI is InChI=1S/C11H16ClN3OS/c1-11(2,4-3-5-16)7-14-10-15-9(12)8(6-13)17-10/h16H,3-5,7H2,1-2H3,(H,14,15). The Bertz CT molecular complexity index is 411. The number of nitrogens with zero attached hydrogens (tertiary/aromatic N) is 2. The molecule has 94 valence electrons. The molecule has 0 radical (unpaired) electrons. The van der Waals surface area contributed by atoms with Gasteiger partial charge in [-0.3, -0.25) is 0 Å². The Morgan fingerprint density at radius 1 is 1.59 bits per heavy atom. The van der Waals surface area contributed by atoms with Crippen molar-refractivity contribution >= 4 is 28.1 Å². The Labute approximate surface area is 110 Å². The Morgan fingerprint density at radius 3 is 2.82 bits per heavy atom. The maximum atomic E-state index is 8.80. The van der Waals surface area contributed by atoms with Crippen molar-refractivity contribution in [1.29, 1.82) is 5.26 Å². The molecule has 0 aliphatic heterocycles. The van der Waals surface area contributed by atoms with Crippen molar-refractivity contribution in [2.75, 3.05) is 18.5 Å². The van der Waals surface area contributed by atoms with Gasteiger partial charge in [0.15, 0.2) is 10.3 Å². The zero-order valence-corrected chi connectivity index (χ0v) is 11.5. The second-order valence-corrected chi connectivity index (χ2v) is 5.95. The van der Waals surface area contributed by atoms with Gasteiger partial charge >= 0.3 is 0 Å². The summed E-state index contributed by atoms with van der Waals surface area (Å²) in [5.41, 5.74) is 0.0771. The monoisotopic (exact) mass is 273 g/mol. The van der Waals surface area contributed by atoms with Crippen molar-refractivity contribution in [1.82, 2.24) is 4.98 Å². The van der Waals surface area contributed by atoms with Crippen molar-refractivity contribution in [3.05, 3.63) is 10.0 Å². The van der Waals surface area contributed by atoms with E-state index >= 15 is 0 Å². The van der Waals surface area contributed by atoms with Crippen LogP contribution in [0.3, 0.4) is 0 Å². The molecule has 0 fully saturated rings. The summed E-state index contributed by atoms with van der Waals surface area (Å²) in [6, 6.07) is 2.00. The van der Waals surface area contributed by atoms with E-state index in [-0.39, 0.29) is 17.2 Å². The van der Waals surface area contributed by atoms with Crippen LogP contribution in [0, 0.1) is 16.7 Å². The predicted molar refractivity (Wildman–Crippen MR) is 70.4 cm³/mol. The highest BCUT2D eigenvalue weighted by Crippen LogP contribution is 2.28. The summed E-state index contributed by atoms with van der Waals surface area (Å²) in [4.78, 5) is 4.50. The Hall–Kier alpha value is -0.830. The summed E-state index contributed by atoms with van der Waals surface area (Å²) in [7, 11) is 0. The fourth-order valence-corrected chi connectivity index (χ4v) is 2.35. The summed E-state index contributed by atoms with van der Waals surface area (Å²) >= 11 is 7.04. The van der Waals surface area contributed by atoms with Crippen LogP contribution in [0.4, 0.5) is 5.13 Å². The van der Waals surface area contributed by atoms with Crippen LogP contribution in [0.5, 0.6) is 0 Å². The number of aromatic nitrogens is 1. The highest BCUT2D eigenvalue weighted by Gasteiger charge is 2.18. The Balaban J connectivity index is 2.52. The van der Waals surface area contributed by atoms with E-state index in [9.17, 15) is 0 Å². The number of halogens is 1. The van der Waals surface area contributed by atoms with E-state index in [2.05, 4.69) is 24.1 Å². The number of nitriles is 1.